The maximum Gasteiger partial charge on any atom is 0.410 e. The van der Waals surface area contributed by atoms with E-state index in [4.69, 9.17) is 4.74 Å². The smallest absolute Gasteiger partial charge is 0.410 e. The molecule has 2 aromatic rings. The van der Waals surface area contributed by atoms with Gasteiger partial charge in [-0.05, 0) is 50.8 Å². The molecule has 8 nitrogen and oxygen atoms in total. The van der Waals surface area contributed by atoms with Crippen LogP contribution in [-0.2, 0) is 26.1 Å². The van der Waals surface area contributed by atoms with E-state index in [9.17, 15) is 18.0 Å². The Hall–Kier alpha value is -2.43. The Bertz CT molecular complexity index is 967. The zero-order valence-electron chi connectivity index (χ0n) is 17.5. The van der Waals surface area contributed by atoms with Gasteiger partial charge in [-0.2, -0.15) is 0 Å². The zero-order valence-corrected chi connectivity index (χ0v) is 19.1. The van der Waals surface area contributed by atoms with Crippen LogP contribution < -0.4 is 10.0 Å². The van der Waals surface area contributed by atoms with Gasteiger partial charge in [-0.15, -0.1) is 11.3 Å². The maximum atomic E-state index is 12.4. The van der Waals surface area contributed by atoms with E-state index in [-0.39, 0.29) is 10.8 Å². The number of hydrogen-bond donors (Lipinski definition) is 2. The lowest BCUT2D eigenvalue weighted by molar-refractivity contribution is -0.115. The molecule has 164 valence electrons. The third kappa shape index (κ3) is 7.12. The maximum absolute atomic E-state index is 12.4. The molecule has 1 aromatic heterocycles. The summed E-state index contributed by atoms with van der Waals surface area (Å²) < 4.78 is 32.2. The number of carbonyl (C=O) groups excluding carboxylic acids is 2. The standard InChI is InChI=1S/C20H27N3O5S2/c1-5-23(19(25)28-20(2,3)4)14-15-9-6-7-10-16(15)22-17(24)13-21-30(26,27)18-11-8-12-29-18/h6-12,21H,5,13-14H2,1-4H3,(H,22,24). The van der Waals surface area contributed by atoms with Crippen LogP contribution in [0.25, 0.3) is 0 Å². The fourth-order valence-corrected chi connectivity index (χ4v) is 4.48. The van der Waals surface area contributed by atoms with Gasteiger partial charge in [0.05, 0.1) is 13.1 Å². The molecule has 0 saturated carbocycles. The van der Waals surface area contributed by atoms with Crippen LogP contribution in [-0.4, -0.2) is 44.0 Å². The van der Waals surface area contributed by atoms with E-state index < -0.39 is 34.2 Å². The molecule has 30 heavy (non-hydrogen) atoms. The topological polar surface area (TPSA) is 105 Å². The average Bonchev–Trinajstić information content (AvgIpc) is 3.20. The number of carbonyl (C=O) groups is 2. The Morgan fingerprint density at radius 3 is 2.43 bits per heavy atom. The highest BCUT2D eigenvalue weighted by Gasteiger charge is 2.22. The lowest BCUT2D eigenvalue weighted by Crippen LogP contribution is -2.36. The molecule has 0 fully saturated rings. The van der Waals surface area contributed by atoms with Crippen LogP contribution in [0, 0.1) is 0 Å². The summed E-state index contributed by atoms with van der Waals surface area (Å²) in [5.41, 5.74) is 0.595. The van der Waals surface area contributed by atoms with Gasteiger partial charge in [0.25, 0.3) is 10.0 Å². The number of anilines is 1. The first-order valence-electron chi connectivity index (χ1n) is 9.40. The molecule has 10 heteroatoms. The molecule has 0 aliphatic heterocycles. The first kappa shape index (κ1) is 23.8. The Labute approximate surface area is 181 Å². The summed E-state index contributed by atoms with van der Waals surface area (Å²) in [6.07, 6.45) is -0.449. The van der Waals surface area contributed by atoms with E-state index in [2.05, 4.69) is 10.0 Å². The van der Waals surface area contributed by atoms with Crippen molar-refractivity contribution < 1.29 is 22.7 Å². The predicted octanol–water partition coefficient (Wildman–Crippen LogP) is 3.42. The highest BCUT2D eigenvalue weighted by atomic mass is 32.2. The Morgan fingerprint density at radius 2 is 1.83 bits per heavy atom. The molecule has 0 bridgehead atoms. The monoisotopic (exact) mass is 453 g/mol. The van der Waals surface area contributed by atoms with E-state index in [1.807, 2.05) is 6.92 Å². The van der Waals surface area contributed by atoms with E-state index in [1.165, 1.54) is 11.0 Å². The Balaban J connectivity index is 2.03. The normalized spacial score (nSPS) is 11.7. The van der Waals surface area contributed by atoms with Crippen LogP contribution >= 0.6 is 11.3 Å². The number of amides is 2. The molecule has 2 amide bonds. The van der Waals surface area contributed by atoms with Crippen LogP contribution in [0.5, 0.6) is 0 Å². The largest absolute Gasteiger partial charge is 0.444 e. The van der Waals surface area contributed by atoms with Crippen LogP contribution in [0.4, 0.5) is 10.5 Å². The highest BCUT2D eigenvalue weighted by molar-refractivity contribution is 7.91. The molecule has 2 N–H and O–H groups in total. The number of hydrogen-bond acceptors (Lipinski definition) is 6. The highest BCUT2D eigenvalue weighted by Crippen LogP contribution is 2.19. The number of rotatable bonds is 8. The van der Waals surface area contributed by atoms with Gasteiger partial charge in [0.2, 0.25) is 5.91 Å². The summed E-state index contributed by atoms with van der Waals surface area (Å²) in [6, 6.07) is 10.1. The third-order valence-corrected chi connectivity index (χ3v) is 6.67. The van der Waals surface area contributed by atoms with Crippen molar-refractivity contribution in [3.63, 3.8) is 0 Å². The fourth-order valence-electron chi connectivity index (χ4n) is 2.46. The van der Waals surface area contributed by atoms with Crippen molar-refractivity contribution in [1.29, 1.82) is 0 Å². The van der Waals surface area contributed by atoms with Crippen molar-refractivity contribution in [1.82, 2.24) is 9.62 Å². The summed E-state index contributed by atoms with van der Waals surface area (Å²) in [5, 5.41) is 4.35. The fraction of sp³-hybridized carbons (Fsp3) is 0.400. The van der Waals surface area contributed by atoms with Crippen molar-refractivity contribution in [2.75, 3.05) is 18.4 Å². The molecule has 0 saturated heterocycles. The average molecular weight is 454 g/mol. The van der Waals surface area contributed by atoms with E-state index in [0.29, 0.717) is 17.8 Å². The minimum Gasteiger partial charge on any atom is -0.444 e. The van der Waals surface area contributed by atoms with Gasteiger partial charge in [-0.25, -0.2) is 17.9 Å². The minimum atomic E-state index is -3.73. The van der Waals surface area contributed by atoms with Gasteiger partial charge in [0.1, 0.15) is 9.81 Å². The van der Waals surface area contributed by atoms with Gasteiger partial charge >= 0.3 is 6.09 Å². The van der Waals surface area contributed by atoms with Crippen molar-refractivity contribution in [2.24, 2.45) is 0 Å². The Kier molecular flexibility index (Phi) is 7.99. The van der Waals surface area contributed by atoms with E-state index in [1.54, 1.807) is 56.5 Å². The number of sulfonamides is 1. The van der Waals surface area contributed by atoms with Crippen molar-refractivity contribution in [3.05, 3.63) is 47.3 Å². The number of thiophene rings is 1. The second-order valence-corrected chi connectivity index (χ2v) is 10.4. The van der Waals surface area contributed by atoms with Crippen LogP contribution in [0.2, 0.25) is 0 Å². The number of para-hydroxylation sites is 1. The third-order valence-electron chi connectivity index (χ3n) is 3.87. The summed E-state index contributed by atoms with van der Waals surface area (Å²) in [5.74, 6) is -0.511. The van der Waals surface area contributed by atoms with Crippen molar-refractivity contribution in [2.45, 2.75) is 44.0 Å². The zero-order chi connectivity index (χ0) is 22.4. The van der Waals surface area contributed by atoms with Gasteiger partial charge in [-0.3, -0.25) is 4.79 Å². The summed E-state index contributed by atoms with van der Waals surface area (Å²) in [7, 11) is -3.73. The molecule has 0 aliphatic carbocycles. The van der Waals surface area contributed by atoms with Gasteiger partial charge in [-0.1, -0.05) is 24.3 Å². The summed E-state index contributed by atoms with van der Waals surface area (Å²) in [4.78, 5) is 26.2. The van der Waals surface area contributed by atoms with Crippen molar-refractivity contribution >= 4 is 39.0 Å². The lowest BCUT2D eigenvalue weighted by Gasteiger charge is -2.27. The molecule has 0 aliphatic rings. The van der Waals surface area contributed by atoms with Crippen LogP contribution in [0.15, 0.2) is 46.0 Å². The molecule has 2 rings (SSSR count). The Morgan fingerprint density at radius 1 is 1.13 bits per heavy atom. The predicted molar refractivity (Wildman–Crippen MR) is 117 cm³/mol. The molecule has 0 spiro atoms. The van der Waals surface area contributed by atoms with E-state index in [0.717, 1.165) is 11.3 Å². The molecule has 1 aromatic carbocycles. The number of nitrogens with one attached hydrogen (secondary N) is 2. The molecular formula is C20H27N3O5S2. The first-order valence-corrected chi connectivity index (χ1v) is 11.8. The van der Waals surface area contributed by atoms with Gasteiger partial charge in [0.15, 0.2) is 0 Å². The minimum absolute atomic E-state index is 0.145. The summed E-state index contributed by atoms with van der Waals surface area (Å²) in [6.45, 7) is 7.49. The second-order valence-electron chi connectivity index (χ2n) is 7.46. The number of nitrogens with zero attached hydrogens (tertiary/aromatic N) is 1. The summed E-state index contributed by atoms with van der Waals surface area (Å²) >= 11 is 1.07. The quantitative estimate of drug-likeness (QED) is 0.637. The van der Waals surface area contributed by atoms with Crippen LogP contribution in [0.1, 0.15) is 33.3 Å². The molecule has 0 atom stereocenters. The number of ether oxygens (including phenoxy) is 1. The van der Waals surface area contributed by atoms with E-state index >= 15 is 0 Å². The lowest BCUT2D eigenvalue weighted by atomic mass is 10.1. The first-order chi connectivity index (χ1) is 14.0. The van der Waals surface area contributed by atoms with Gasteiger partial charge < -0.3 is 15.0 Å². The number of benzene rings is 1. The molecular weight excluding hydrogens is 426 g/mol. The van der Waals surface area contributed by atoms with Crippen molar-refractivity contribution in [3.8, 4) is 0 Å². The molecule has 0 unspecified atom stereocenters. The van der Waals surface area contributed by atoms with Crippen LogP contribution in [0.3, 0.4) is 0 Å². The SMILES string of the molecule is CCN(Cc1ccccc1NC(=O)CNS(=O)(=O)c1cccs1)C(=O)OC(C)(C)C. The van der Waals surface area contributed by atoms with Gasteiger partial charge in [0, 0.05) is 12.2 Å². The molecule has 0 radical (unpaired) electrons. The molecule has 1 heterocycles. The second kappa shape index (κ2) is 10.1.